The molecule has 1 aromatic rings. The number of allylic oxidation sites excluding steroid dienone is 1. The van der Waals surface area contributed by atoms with Crippen LogP contribution in [0.5, 0.6) is 5.75 Å². The zero-order valence-electron chi connectivity index (χ0n) is 17.0. The quantitative estimate of drug-likeness (QED) is 0.452. The minimum atomic E-state index is 0.718. The van der Waals surface area contributed by atoms with Crippen LogP contribution in [0.1, 0.15) is 89.0 Å². The molecule has 150 valence electrons. The summed E-state index contributed by atoms with van der Waals surface area (Å²) in [6.45, 7) is 2.77. The SMILES string of the molecule is CCOc1ccc(C2CCC(CCC3CCC(CC=CF)CC3)CC2)cc1. The van der Waals surface area contributed by atoms with Crippen LogP contribution in [0, 0.1) is 17.8 Å². The summed E-state index contributed by atoms with van der Waals surface area (Å²) in [5.74, 6) is 4.34. The highest BCUT2D eigenvalue weighted by atomic mass is 19.1. The molecule has 3 rings (SSSR count). The van der Waals surface area contributed by atoms with Gasteiger partial charge in [0.05, 0.1) is 12.9 Å². The van der Waals surface area contributed by atoms with Crippen LogP contribution < -0.4 is 4.74 Å². The fourth-order valence-electron chi connectivity index (χ4n) is 5.26. The lowest BCUT2D eigenvalue weighted by Gasteiger charge is -2.32. The molecule has 0 spiro atoms. The van der Waals surface area contributed by atoms with Gasteiger partial charge in [-0.15, -0.1) is 0 Å². The number of hydrogen-bond acceptors (Lipinski definition) is 1. The monoisotopic (exact) mass is 372 g/mol. The molecule has 2 aliphatic carbocycles. The summed E-state index contributed by atoms with van der Waals surface area (Å²) in [5.41, 5.74) is 1.50. The van der Waals surface area contributed by atoms with Crippen molar-refractivity contribution in [3.63, 3.8) is 0 Å². The van der Waals surface area contributed by atoms with Gasteiger partial charge >= 0.3 is 0 Å². The molecule has 0 amide bonds. The first-order valence-electron chi connectivity index (χ1n) is 11.3. The first-order chi connectivity index (χ1) is 13.3. The molecule has 1 nitrogen and oxygen atoms in total. The van der Waals surface area contributed by atoms with Gasteiger partial charge in [-0.3, -0.25) is 0 Å². The molecular formula is C25H37FO. The van der Waals surface area contributed by atoms with Crippen molar-refractivity contribution in [1.29, 1.82) is 0 Å². The Morgan fingerprint density at radius 3 is 1.96 bits per heavy atom. The van der Waals surface area contributed by atoms with Crippen LogP contribution in [-0.2, 0) is 0 Å². The lowest BCUT2D eigenvalue weighted by Crippen LogP contribution is -2.17. The van der Waals surface area contributed by atoms with Gasteiger partial charge < -0.3 is 4.74 Å². The third kappa shape index (κ3) is 6.36. The number of ether oxygens (including phenoxy) is 1. The molecule has 2 fully saturated rings. The molecule has 0 heterocycles. The predicted molar refractivity (Wildman–Crippen MR) is 112 cm³/mol. The van der Waals surface area contributed by atoms with E-state index in [1.54, 1.807) is 6.08 Å². The maximum atomic E-state index is 12.2. The maximum Gasteiger partial charge on any atom is 0.119 e. The lowest BCUT2D eigenvalue weighted by molar-refractivity contribution is 0.231. The van der Waals surface area contributed by atoms with Crippen LogP contribution in [-0.4, -0.2) is 6.61 Å². The Hall–Kier alpha value is -1.31. The van der Waals surface area contributed by atoms with E-state index < -0.39 is 0 Å². The Kier molecular flexibility index (Phi) is 8.23. The Morgan fingerprint density at radius 2 is 1.41 bits per heavy atom. The van der Waals surface area contributed by atoms with E-state index in [-0.39, 0.29) is 0 Å². The average Bonchev–Trinajstić information content (AvgIpc) is 2.73. The second-order valence-electron chi connectivity index (χ2n) is 8.78. The Labute approximate surface area is 165 Å². The van der Waals surface area contributed by atoms with Crippen molar-refractivity contribution < 1.29 is 9.13 Å². The molecule has 0 unspecified atom stereocenters. The normalized spacial score (nSPS) is 29.1. The number of halogens is 1. The van der Waals surface area contributed by atoms with Gasteiger partial charge in [0.15, 0.2) is 0 Å². The summed E-state index contributed by atoms with van der Waals surface area (Å²) in [6.07, 6.45) is 17.0. The standard InChI is InChI=1S/C25H37FO/c1-2-27-25-17-15-24(16-18-25)23-13-11-22(12-14-23)10-9-21-7-5-20(6-8-21)4-3-19-26/h3,15-23H,2,4-14H2,1H3. The van der Waals surface area contributed by atoms with Crippen LogP contribution in [0.4, 0.5) is 4.39 Å². The molecule has 0 aromatic heterocycles. The highest BCUT2D eigenvalue weighted by Crippen LogP contribution is 2.40. The zero-order valence-corrected chi connectivity index (χ0v) is 17.0. The van der Waals surface area contributed by atoms with E-state index in [0.29, 0.717) is 0 Å². The number of benzene rings is 1. The summed E-state index contributed by atoms with van der Waals surface area (Å²) in [4.78, 5) is 0. The van der Waals surface area contributed by atoms with E-state index in [1.807, 2.05) is 6.92 Å². The second kappa shape index (κ2) is 10.9. The molecule has 0 radical (unpaired) electrons. The van der Waals surface area contributed by atoms with E-state index in [4.69, 9.17) is 4.74 Å². The molecule has 0 atom stereocenters. The Morgan fingerprint density at radius 1 is 0.852 bits per heavy atom. The van der Waals surface area contributed by atoms with E-state index >= 15 is 0 Å². The van der Waals surface area contributed by atoms with Crippen molar-refractivity contribution in [1.82, 2.24) is 0 Å². The number of rotatable bonds is 8. The van der Waals surface area contributed by atoms with Gasteiger partial charge in [-0.25, -0.2) is 4.39 Å². The van der Waals surface area contributed by atoms with Crippen molar-refractivity contribution in [2.45, 2.75) is 83.5 Å². The highest BCUT2D eigenvalue weighted by molar-refractivity contribution is 5.29. The fraction of sp³-hybridized carbons (Fsp3) is 0.680. The summed E-state index contributed by atoms with van der Waals surface area (Å²) in [6, 6.07) is 8.80. The van der Waals surface area contributed by atoms with Gasteiger partial charge in [0.25, 0.3) is 0 Å². The van der Waals surface area contributed by atoms with Crippen molar-refractivity contribution in [3.05, 3.63) is 42.2 Å². The Balaban J connectivity index is 1.34. The number of hydrogen-bond donors (Lipinski definition) is 0. The summed E-state index contributed by atoms with van der Waals surface area (Å²) in [7, 11) is 0. The minimum Gasteiger partial charge on any atom is -0.494 e. The van der Waals surface area contributed by atoms with E-state index in [2.05, 4.69) is 24.3 Å². The molecule has 0 aliphatic heterocycles. The lowest BCUT2D eigenvalue weighted by atomic mass is 9.74. The predicted octanol–water partition coefficient (Wildman–Crippen LogP) is 7.82. The second-order valence-corrected chi connectivity index (χ2v) is 8.78. The summed E-state index contributed by atoms with van der Waals surface area (Å²) in [5, 5.41) is 0. The van der Waals surface area contributed by atoms with Crippen molar-refractivity contribution >= 4 is 0 Å². The van der Waals surface area contributed by atoms with Crippen molar-refractivity contribution in [3.8, 4) is 5.75 Å². The first-order valence-corrected chi connectivity index (χ1v) is 11.3. The maximum absolute atomic E-state index is 12.2. The van der Waals surface area contributed by atoms with Gasteiger partial charge in [0.2, 0.25) is 0 Å². The van der Waals surface area contributed by atoms with Gasteiger partial charge in [-0.2, -0.15) is 0 Å². The molecule has 0 bridgehead atoms. The van der Waals surface area contributed by atoms with Crippen LogP contribution in [0.25, 0.3) is 0 Å². The van der Waals surface area contributed by atoms with Gasteiger partial charge in [0, 0.05) is 0 Å². The largest absolute Gasteiger partial charge is 0.494 e. The Bertz CT molecular complexity index is 548. The minimum absolute atomic E-state index is 0.718. The third-order valence-corrected chi connectivity index (χ3v) is 7.02. The van der Waals surface area contributed by atoms with Crippen LogP contribution in [0.15, 0.2) is 36.7 Å². The summed E-state index contributed by atoms with van der Waals surface area (Å²) >= 11 is 0. The van der Waals surface area contributed by atoms with Gasteiger partial charge in [-0.05, 0) is 93.2 Å². The van der Waals surface area contributed by atoms with Gasteiger partial charge in [0.1, 0.15) is 5.75 Å². The smallest absolute Gasteiger partial charge is 0.119 e. The molecule has 0 saturated heterocycles. The molecule has 2 aliphatic rings. The van der Waals surface area contributed by atoms with Crippen molar-refractivity contribution in [2.24, 2.45) is 17.8 Å². The third-order valence-electron chi connectivity index (χ3n) is 7.02. The molecular weight excluding hydrogens is 335 g/mol. The fourth-order valence-corrected chi connectivity index (χ4v) is 5.26. The average molecular weight is 373 g/mol. The topological polar surface area (TPSA) is 9.23 Å². The van der Waals surface area contributed by atoms with Crippen molar-refractivity contribution in [2.75, 3.05) is 6.61 Å². The van der Waals surface area contributed by atoms with Crippen LogP contribution in [0.2, 0.25) is 0 Å². The molecule has 2 saturated carbocycles. The molecule has 2 heteroatoms. The summed E-state index contributed by atoms with van der Waals surface area (Å²) < 4.78 is 17.7. The molecule has 27 heavy (non-hydrogen) atoms. The first kappa shape index (κ1) is 20.4. The van der Waals surface area contributed by atoms with E-state index in [9.17, 15) is 4.39 Å². The van der Waals surface area contributed by atoms with Crippen LogP contribution >= 0.6 is 0 Å². The zero-order chi connectivity index (χ0) is 18.9. The van der Waals surface area contributed by atoms with E-state index in [0.717, 1.165) is 48.8 Å². The van der Waals surface area contributed by atoms with Gasteiger partial charge in [-0.1, -0.05) is 43.9 Å². The molecule has 1 aromatic carbocycles. The van der Waals surface area contributed by atoms with E-state index in [1.165, 1.54) is 69.8 Å². The van der Waals surface area contributed by atoms with Crippen LogP contribution in [0.3, 0.4) is 0 Å². The highest BCUT2D eigenvalue weighted by Gasteiger charge is 2.25. The molecule has 0 N–H and O–H groups in total.